The molecule has 1 fully saturated rings. The minimum Gasteiger partial charge on any atom is -0.494 e. The number of nitrogens with zero attached hydrogens (tertiary/aromatic N) is 4. The highest BCUT2D eigenvalue weighted by Crippen LogP contribution is 2.42. The Hall–Kier alpha value is -2.74. The maximum absolute atomic E-state index is 11.8. The van der Waals surface area contributed by atoms with Crippen molar-refractivity contribution in [2.24, 2.45) is 0 Å². The minimum atomic E-state index is -2.22. The summed E-state index contributed by atoms with van der Waals surface area (Å²) in [5.41, 5.74) is 5.03. The van der Waals surface area contributed by atoms with Crippen LogP contribution in [-0.4, -0.2) is 70.1 Å². The summed E-state index contributed by atoms with van der Waals surface area (Å²) in [5, 5.41) is 6.81. The van der Waals surface area contributed by atoms with Crippen molar-refractivity contribution in [3.05, 3.63) is 63.2 Å². The number of morpholine rings is 1. The van der Waals surface area contributed by atoms with Crippen LogP contribution in [0.5, 0.6) is 5.75 Å². The van der Waals surface area contributed by atoms with E-state index in [1.807, 2.05) is 6.07 Å². The number of hydrogen-bond donors (Lipinski definition) is 3. The summed E-state index contributed by atoms with van der Waals surface area (Å²) in [6, 6.07) is 7.85. The van der Waals surface area contributed by atoms with Crippen molar-refractivity contribution < 1.29 is 18.2 Å². The number of ether oxygens (including phenoxy) is 2. The van der Waals surface area contributed by atoms with Gasteiger partial charge in [0.05, 0.1) is 43.6 Å². The van der Waals surface area contributed by atoms with Gasteiger partial charge in [0.1, 0.15) is 10.8 Å². The highest BCUT2D eigenvalue weighted by Gasteiger charge is 2.28. The molecule has 3 aromatic rings. The molecule has 2 unspecified atom stereocenters. The Bertz CT molecular complexity index is 1490. The molecule has 0 amide bonds. The van der Waals surface area contributed by atoms with Crippen molar-refractivity contribution in [2.75, 3.05) is 55.4 Å². The zero-order valence-electron chi connectivity index (χ0n) is 23.5. The van der Waals surface area contributed by atoms with Crippen LogP contribution in [-0.2, 0) is 28.8 Å². The lowest BCUT2D eigenvalue weighted by atomic mass is 10.0. The third-order valence-electron chi connectivity index (χ3n) is 7.74. The molecule has 224 valence electrons. The molecule has 1 aliphatic heterocycles. The quantitative estimate of drug-likeness (QED) is 0.181. The first-order valence-electron chi connectivity index (χ1n) is 13.7. The molecule has 13 heteroatoms. The van der Waals surface area contributed by atoms with Gasteiger partial charge in [-0.2, -0.15) is 4.98 Å². The van der Waals surface area contributed by atoms with E-state index in [2.05, 4.69) is 48.0 Å². The second-order valence-electron chi connectivity index (χ2n) is 10.1. The van der Waals surface area contributed by atoms with Crippen LogP contribution >= 0.6 is 27.5 Å². The third kappa shape index (κ3) is 6.74. The van der Waals surface area contributed by atoms with Crippen LogP contribution in [0, 0.1) is 0 Å². The summed E-state index contributed by atoms with van der Waals surface area (Å²) in [7, 11) is 3.20. The smallest absolute Gasteiger partial charge is 0.261 e. The van der Waals surface area contributed by atoms with Crippen LogP contribution in [0.3, 0.4) is 0 Å². The molecule has 2 aromatic carbocycles. The molecule has 0 bridgehead atoms. The van der Waals surface area contributed by atoms with Gasteiger partial charge < -0.3 is 20.1 Å². The lowest BCUT2D eigenvalue weighted by Gasteiger charge is -2.34. The van der Waals surface area contributed by atoms with E-state index in [-0.39, 0.29) is 5.02 Å². The molecule has 1 saturated heterocycles. The van der Waals surface area contributed by atoms with E-state index >= 15 is 0 Å². The van der Waals surface area contributed by atoms with Crippen molar-refractivity contribution in [3.63, 3.8) is 0 Å². The van der Waals surface area contributed by atoms with E-state index < -0.39 is 11.3 Å². The number of nitrogens with one attached hydrogen (secondary N) is 2. The lowest BCUT2D eigenvalue weighted by Crippen LogP contribution is -2.43. The highest BCUT2D eigenvalue weighted by atomic mass is 79.9. The molecular formula is C29H34BrClN6O4S. The van der Waals surface area contributed by atoms with Gasteiger partial charge in [-0.3, -0.25) is 13.8 Å². The minimum absolute atomic E-state index is 0.285. The van der Waals surface area contributed by atoms with Gasteiger partial charge in [0.15, 0.2) is 5.82 Å². The lowest BCUT2D eigenvalue weighted by molar-refractivity contribution is 0.0136. The first kappa shape index (κ1) is 30.7. The van der Waals surface area contributed by atoms with Crippen LogP contribution in [0.1, 0.15) is 29.5 Å². The van der Waals surface area contributed by atoms with E-state index in [0.717, 1.165) is 73.5 Å². The Labute approximate surface area is 262 Å². The fraction of sp³-hybridized carbons (Fsp3) is 0.379. The molecule has 3 N–H and O–H groups in total. The average Bonchev–Trinajstić information content (AvgIpc) is 3.23. The normalized spacial score (nSPS) is 18.0. The van der Waals surface area contributed by atoms with Gasteiger partial charge in [-0.15, -0.1) is 0 Å². The van der Waals surface area contributed by atoms with Gasteiger partial charge in [0.25, 0.3) is 11.3 Å². The molecule has 2 aliphatic rings. The summed E-state index contributed by atoms with van der Waals surface area (Å²) in [6.07, 6.45) is 7.17. The third-order valence-corrected chi connectivity index (χ3v) is 9.39. The van der Waals surface area contributed by atoms with Crippen molar-refractivity contribution in [2.45, 2.75) is 31.7 Å². The molecule has 0 radical (unpaired) electrons. The summed E-state index contributed by atoms with van der Waals surface area (Å²) < 4.78 is 35.2. The zero-order valence-corrected chi connectivity index (χ0v) is 26.7. The van der Waals surface area contributed by atoms with Crippen LogP contribution in [0.2, 0.25) is 5.02 Å². The van der Waals surface area contributed by atoms with E-state index in [0.29, 0.717) is 29.2 Å². The number of benzene rings is 2. The van der Waals surface area contributed by atoms with Crippen molar-refractivity contribution in [1.29, 1.82) is 0 Å². The molecule has 42 heavy (non-hydrogen) atoms. The second-order valence-corrected chi connectivity index (χ2v) is 12.4. The van der Waals surface area contributed by atoms with Crippen LogP contribution < -0.4 is 19.7 Å². The predicted molar refractivity (Wildman–Crippen MR) is 173 cm³/mol. The molecule has 1 aromatic heterocycles. The van der Waals surface area contributed by atoms with E-state index in [9.17, 15) is 8.76 Å². The van der Waals surface area contributed by atoms with Gasteiger partial charge in [-0.1, -0.05) is 46.3 Å². The molecule has 1 aliphatic carbocycles. The molecule has 0 saturated carbocycles. The van der Waals surface area contributed by atoms with Crippen molar-refractivity contribution in [1.82, 2.24) is 14.9 Å². The first-order chi connectivity index (χ1) is 20.3. The van der Waals surface area contributed by atoms with Crippen LogP contribution in [0.25, 0.3) is 6.08 Å². The maximum atomic E-state index is 11.8. The van der Waals surface area contributed by atoms with Gasteiger partial charge >= 0.3 is 0 Å². The van der Waals surface area contributed by atoms with Crippen LogP contribution in [0.15, 0.2) is 41.5 Å². The number of hydrogen-bond acceptors (Lipinski definition) is 8. The number of methoxy groups -OCH3 is 1. The van der Waals surface area contributed by atoms with Gasteiger partial charge in [-0.25, -0.2) is 9.19 Å². The second kappa shape index (κ2) is 13.7. The summed E-state index contributed by atoms with van der Waals surface area (Å²) in [5.74, 6) is 1.42. The predicted octanol–water partition coefficient (Wildman–Crippen LogP) is 6.18. The molecule has 2 heterocycles. The van der Waals surface area contributed by atoms with E-state index in [1.54, 1.807) is 31.4 Å². The van der Waals surface area contributed by atoms with Crippen LogP contribution in [0.4, 0.5) is 28.8 Å². The average molecular weight is 678 g/mol. The molecule has 5 rings (SSSR count). The van der Waals surface area contributed by atoms with E-state index in [1.165, 1.54) is 28.7 Å². The zero-order chi connectivity index (χ0) is 29.8. The number of fused-ring (bicyclic) bond motifs is 1. The number of anilines is 5. The number of rotatable bonds is 9. The Balaban J connectivity index is 1.42. The topological polar surface area (TPSA) is 112 Å². The fourth-order valence-corrected chi connectivity index (χ4v) is 6.69. The summed E-state index contributed by atoms with van der Waals surface area (Å²) in [4.78, 5) is 11.6. The van der Waals surface area contributed by atoms with Gasteiger partial charge in [-0.05, 0) is 55.0 Å². The number of halogens is 2. The first-order valence-corrected chi connectivity index (χ1v) is 15.9. The van der Waals surface area contributed by atoms with Gasteiger partial charge in [0.2, 0.25) is 5.95 Å². The SMILES string of the molecule is C=Cc1ccc(N(C)S(=O)O)c(Nc2nc(Nc3cc(Br)c4c(c3OC)CCC(N3CCOCC3)CC4)ncc2Cl)c1. The largest absolute Gasteiger partial charge is 0.494 e. The Morgan fingerprint density at radius 1 is 1.21 bits per heavy atom. The van der Waals surface area contributed by atoms with Crippen molar-refractivity contribution >= 4 is 73.7 Å². The molecular weight excluding hydrogens is 644 g/mol. The monoisotopic (exact) mass is 676 g/mol. The van der Waals surface area contributed by atoms with Gasteiger partial charge in [0, 0.05) is 36.2 Å². The molecule has 0 spiro atoms. The maximum Gasteiger partial charge on any atom is 0.261 e. The Morgan fingerprint density at radius 2 is 1.95 bits per heavy atom. The highest BCUT2D eigenvalue weighted by molar-refractivity contribution is 9.10. The van der Waals surface area contributed by atoms with Crippen molar-refractivity contribution in [3.8, 4) is 5.75 Å². The fourth-order valence-electron chi connectivity index (χ4n) is 5.56. The Morgan fingerprint density at radius 3 is 2.64 bits per heavy atom. The van der Waals surface area contributed by atoms with E-state index in [4.69, 9.17) is 21.1 Å². The summed E-state index contributed by atoms with van der Waals surface area (Å²) >= 11 is 8.08. The summed E-state index contributed by atoms with van der Waals surface area (Å²) in [6.45, 7) is 7.36. The number of aromatic nitrogens is 2. The molecule has 10 nitrogen and oxygen atoms in total. The molecule has 2 atom stereocenters. The standard InChI is InChI=1S/C29H34BrClN6O4S/c1-4-18-5-10-26(36(2)42(38)39)24(15-18)33-28-23(31)17-32-29(35-28)34-25-16-22(30)20-8-6-19(37-11-13-41-14-12-37)7-9-21(20)27(25)40-3/h4-5,10,15-17,19H,1,6-9,11-14H2,2-3H3,(H,38,39)(H2,32,33,34,35). The Kier molecular flexibility index (Phi) is 10.0.